The minimum atomic E-state index is -0.648. The number of carbonyl (C=O) groups is 3. The topological polar surface area (TPSA) is 98.5 Å². The van der Waals surface area contributed by atoms with Crippen molar-refractivity contribution in [1.29, 1.82) is 0 Å². The van der Waals surface area contributed by atoms with Crippen LogP contribution in [0.5, 0.6) is 0 Å². The number of primary amides is 1. The number of Topliss-reactive ketones (excluding diaryl/α,β-unsaturated/α-hetero) is 1. The zero-order valence-corrected chi connectivity index (χ0v) is 21.3. The van der Waals surface area contributed by atoms with Crippen molar-refractivity contribution in [2.24, 2.45) is 17.1 Å². The number of nitrogens with two attached hydrogens (primary N) is 1. The van der Waals surface area contributed by atoms with E-state index in [9.17, 15) is 14.4 Å². The van der Waals surface area contributed by atoms with E-state index < -0.39 is 11.5 Å². The number of carbonyl (C=O) groups excluding carboxylic acids is 3. The SMILES string of the molecule is C[C@@H](CCCNC(=O)OCC1c2ccccc2-c2ccccc21)C(=O)CC1(C(N)=O)CCCC1.S. The zero-order valence-electron chi connectivity index (χ0n) is 20.3. The summed E-state index contributed by atoms with van der Waals surface area (Å²) in [6, 6.07) is 16.5. The molecule has 2 aliphatic rings. The molecular formula is C28H36N2O4S. The first-order valence-electron chi connectivity index (χ1n) is 12.3. The number of nitrogens with one attached hydrogen (secondary N) is 1. The second-order valence-corrected chi connectivity index (χ2v) is 9.79. The van der Waals surface area contributed by atoms with Crippen LogP contribution in [0.1, 0.15) is 68.9 Å². The fourth-order valence-electron chi connectivity index (χ4n) is 5.48. The van der Waals surface area contributed by atoms with Gasteiger partial charge >= 0.3 is 6.09 Å². The molecule has 7 heteroatoms. The van der Waals surface area contributed by atoms with Crippen LogP contribution in [0.3, 0.4) is 0 Å². The molecule has 6 nitrogen and oxygen atoms in total. The molecule has 35 heavy (non-hydrogen) atoms. The van der Waals surface area contributed by atoms with Crippen molar-refractivity contribution in [3.8, 4) is 11.1 Å². The lowest BCUT2D eigenvalue weighted by Crippen LogP contribution is -2.37. The summed E-state index contributed by atoms with van der Waals surface area (Å²) in [7, 11) is 0. The van der Waals surface area contributed by atoms with Crippen LogP contribution >= 0.6 is 13.5 Å². The van der Waals surface area contributed by atoms with Gasteiger partial charge in [0.25, 0.3) is 0 Å². The van der Waals surface area contributed by atoms with Crippen LogP contribution in [0, 0.1) is 11.3 Å². The molecule has 4 rings (SSSR count). The molecule has 1 fully saturated rings. The molecule has 2 amide bonds. The standard InChI is InChI=1S/C28H34N2O4.H2S/c1-19(25(31)17-28(26(29)32)14-6-7-15-28)9-8-16-30-27(33)34-18-24-22-12-4-2-10-20(22)21-11-3-5-13-23(21)24;/h2-5,10-13,19,24H,6-9,14-18H2,1H3,(H2,29,32)(H,30,33);1H2/t19-;/m0./s1. The normalized spacial score (nSPS) is 16.5. The average Bonchev–Trinajstić information content (AvgIpc) is 3.44. The molecule has 0 radical (unpaired) electrons. The molecular weight excluding hydrogens is 460 g/mol. The third-order valence-electron chi connectivity index (χ3n) is 7.57. The summed E-state index contributed by atoms with van der Waals surface area (Å²) < 4.78 is 5.55. The van der Waals surface area contributed by atoms with E-state index in [1.54, 1.807) is 0 Å². The number of hydrogen-bond donors (Lipinski definition) is 2. The maximum atomic E-state index is 12.7. The number of ether oxygens (including phenoxy) is 1. The fourth-order valence-corrected chi connectivity index (χ4v) is 5.48. The van der Waals surface area contributed by atoms with Crippen LogP contribution in [0.2, 0.25) is 0 Å². The molecule has 0 unspecified atom stereocenters. The van der Waals surface area contributed by atoms with E-state index in [4.69, 9.17) is 10.5 Å². The van der Waals surface area contributed by atoms with Crippen molar-refractivity contribution in [2.45, 2.75) is 57.8 Å². The van der Waals surface area contributed by atoms with E-state index in [2.05, 4.69) is 29.6 Å². The van der Waals surface area contributed by atoms with Crippen LogP contribution in [-0.2, 0) is 14.3 Å². The van der Waals surface area contributed by atoms with Crippen LogP contribution in [0.4, 0.5) is 4.79 Å². The lowest BCUT2D eigenvalue weighted by Gasteiger charge is -2.25. The summed E-state index contributed by atoms with van der Waals surface area (Å²) in [4.78, 5) is 36.9. The number of fused-ring (bicyclic) bond motifs is 3. The van der Waals surface area contributed by atoms with E-state index in [0.717, 1.165) is 12.8 Å². The highest BCUT2D eigenvalue weighted by molar-refractivity contribution is 7.59. The molecule has 3 N–H and O–H groups in total. The molecule has 0 spiro atoms. The van der Waals surface area contributed by atoms with Gasteiger partial charge in [-0.3, -0.25) is 9.59 Å². The summed E-state index contributed by atoms with van der Waals surface area (Å²) in [5.74, 6) is -0.394. The molecule has 1 saturated carbocycles. The smallest absolute Gasteiger partial charge is 0.407 e. The third kappa shape index (κ3) is 5.89. The van der Waals surface area contributed by atoms with Gasteiger partial charge in [-0.15, -0.1) is 0 Å². The Bertz CT molecular complexity index is 1020. The molecule has 188 valence electrons. The maximum Gasteiger partial charge on any atom is 0.407 e. The van der Waals surface area contributed by atoms with Crippen LogP contribution in [-0.4, -0.2) is 30.9 Å². The molecule has 0 aromatic heterocycles. The van der Waals surface area contributed by atoms with Gasteiger partial charge in [-0.1, -0.05) is 68.3 Å². The van der Waals surface area contributed by atoms with Crippen molar-refractivity contribution >= 4 is 31.3 Å². The van der Waals surface area contributed by atoms with Crippen molar-refractivity contribution in [1.82, 2.24) is 5.32 Å². The van der Waals surface area contributed by atoms with Crippen molar-refractivity contribution in [2.75, 3.05) is 13.2 Å². The Morgan fingerprint density at radius 1 is 1.03 bits per heavy atom. The van der Waals surface area contributed by atoms with Gasteiger partial charge in [0, 0.05) is 24.8 Å². The van der Waals surface area contributed by atoms with Gasteiger partial charge in [0.2, 0.25) is 5.91 Å². The Morgan fingerprint density at radius 2 is 1.60 bits per heavy atom. The Balaban J connectivity index is 0.00000342. The number of ketones is 1. The average molecular weight is 497 g/mol. The summed E-state index contributed by atoms with van der Waals surface area (Å²) >= 11 is 0. The van der Waals surface area contributed by atoms with E-state index in [1.807, 2.05) is 31.2 Å². The largest absolute Gasteiger partial charge is 0.449 e. The Morgan fingerprint density at radius 3 is 2.17 bits per heavy atom. The Labute approximate surface area is 214 Å². The predicted molar refractivity (Wildman–Crippen MR) is 142 cm³/mol. The first-order chi connectivity index (χ1) is 16.4. The molecule has 1 atom stereocenters. The molecule has 0 saturated heterocycles. The summed E-state index contributed by atoms with van der Waals surface area (Å²) in [6.45, 7) is 2.61. The molecule has 2 aliphatic carbocycles. The lowest BCUT2D eigenvalue weighted by molar-refractivity contribution is -0.134. The molecule has 0 aliphatic heterocycles. The molecule has 2 aromatic rings. The first-order valence-corrected chi connectivity index (χ1v) is 12.3. The fraction of sp³-hybridized carbons (Fsp3) is 0.464. The van der Waals surface area contributed by atoms with Gasteiger partial charge in [0.05, 0.1) is 5.41 Å². The second kappa shape index (κ2) is 11.8. The van der Waals surface area contributed by atoms with Crippen molar-refractivity contribution in [3.05, 3.63) is 59.7 Å². The van der Waals surface area contributed by atoms with Gasteiger partial charge < -0.3 is 15.8 Å². The number of alkyl carbamates (subject to hydrolysis) is 1. The Kier molecular flexibility index (Phi) is 9.00. The Hall–Kier alpha value is -2.80. The second-order valence-electron chi connectivity index (χ2n) is 9.79. The number of rotatable bonds is 10. The number of amides is 2. The van der Waals surface area contributed by atoms with Gasteiger partial charge in [-0.25, -0.2) is 4.79 Å². The van der Waals surface area contributed by atoms with E-state index in [-0.39, 0.29) is 50.0 Å². The summed E-state index contributed by atoms with van der Waals surface area (Å²) in [5.41, 5.74) is 9.71. The highest BCUT2D eigenvalue weighted by Gasteiger charge is 2.41. The highest BCUT2D eigenvalue weighted by Crippen LogP contribution is 2.44. The zero-order chi connectivity index (χ0) is 24.1. The van der Waals surface area contributed by atoms with Gasteiger partial charge in [-0.05, 0) is 47.9 Å². The summed E-state index contributed by atoms with van der Waals surface area (Å²) in [5, 5.41) is 2.80. The minimum absolute atomic E-state index is 0. The highest BCUT2D eigenvalue weighted by atomic mass is 32.1. The van der Waals surface area contributed by atoms with Crippen molar-refractivity contribution < 1.29 is 19.1 Å². The van der Waals surface area contributed by atoms with E-state index >= 15 is 0 Å². The van der Waals surface area contributed by atoms with Crippen LogP contribution in [0.15, 0.2) is 48.5 Å². The van der Waals surface area contributed by atoms with Crippen LogP contribution < -0.4 is 11.1 Å². The molecule has 2 aromatic carbocycles. The maximum absolute atomic E-state index is 12.7. The molecule has 0 bridgehead atoms. The van der Waals surface area contributed by atoms with E-state index in [0.29, 0.717) is 32.2 Å². The van der Waals surface area contributed by atoms with Gasteiger partial charge in [-0.2, -0.15) is 13.5 Å². The van der Waals surface area contributed by atoms with Gasteiger partial charge in [0.1, 0.15) is 12.4 Å². The minimum Gasteiger partial charge on any atom is -0.449 e. The molecule has 0 heterocycles. The lowest BCUT2D eigenvalue weighted by atomic mass is 9.78. The first kappa shape index (κ1) is 26.8. The monoisotopic (exact) mass is 496 g/mol. The van der Waals surface area contributed by atoms with E-state index in [1.165, 1.54) is 22.3 Å². The van der Waals surface area contributed by atoms with Crippen molar-refractivity contribution in [3.63, 3.8) is 0 Å². The number of hydrogen-bond acceptors (Lipinski definition) is 4. The number of benzene rings is 2. The third-order valence-corrected chi connectivity index (χ3v) is 7.57. The summed E-state index contributed by atoms with van der Waals surface area (Å²) in [6.07, 6.45) is 4.44. The quantitative estimate of drug-likeness (QED) is 0.449. The predicted octanol–water partition coefficient (Wildman–Crippen LogP) is 5.06. The van der Waals surface area contributed by atoms with Gasteiger partial charge in [0.15, 0.2) is 0 Å². The van der Waals surface area contributed by atoms with Crippen LogP contribution in [0.25, 0.3) is 11.1 Å².